The van der Waals surface area contributed by atoms with Crippen LogP contribution in [-0.2, 0) is 11.2 Å². The molecule has 0 aliphatic rings. The average molecular weight is 378 g/mol. The van der Waals surface area contributed by atoms with Gasteiger partial charge in [0.1, 0.15) is 16.6 Å². The van der Waals surface area contributed by atoms with E-state index in [1.54, 1.807) is 0 Å². The van der Waals surface area contributed by atoms with Crippen molar-refractivity contribution in [3.8, 4) is 0 Å². The number of aromatic nitrogens is 1. The molecule has 0 saturated carbocycles. The van der Waals surface area contributed by atoms with E-state index in [0.29, 0.717) is 10.6 Å². The Kier molecular flexibility index (Phi) is 8.92. The SMILES string of the molecule is O=C(CSc1ncccc1C(=O)[O-])Cc1cc(F)ccc1Cl.[K+]. The van der Waals surface area contributed by atoms with Crippen LogP contribution >= 0.6 is 23.4 Å². The molecule has 1 aromatic heterocycles. The molecule has 2 rings (SSSR count). The zero-order valence-electron chi connectivity index (χ0n) is 12.2. The number of hydrogen-bond acceptors (Lipinski definition) is 5. The Labute approximate surface area is 184 Å². The van der Waals surface area contributed by atoms with Crippen LogP contribution in [0.25, 0.3) is 0 Å². The first-order valence-corrected chi connectivity index (χ1v) is 7.58. The molecule has 23 heavy (non-hydrogen) atoms. The van der Waals surface area contributed by atoms with Gasteiger partial charge in [-0.3, -0.25) is 4.79 Å². The number of hydrogen-bond donors (Lipinski definition) is 0. The molecule has 0 radical (unpaired) electrons. The summed E-state index contributed by atoms with van der Waals surface area (Å²) in [6.45, 7) is 0. The van der Waals surface area contributed by atoms with Gasteiger partial charge in [-0.2, -0.15) is 0 Å². The van der Waals surface area contributed by atoms with Crippen molar-refractivity contribution in [1.82, 2.24) is 4.98 Å². The predicted octanol–water partition coefficient (Wildman–Crippen LogP) is -0.855. The predicted molar refractivity (Wildman–Crippen MR) is 79.4 cm³/mol. The number of Topliss-reactive ketones (excluding diaryl/α,β-unsaturated/α-hetero) is 1. The molecule has 0 unspecified atom stereocenters. The first kappa shape index (κ1) is 20.8. The number of thioether (sulfide) groups is 1. The Morgan fingerprint density at radius 2 is 2.04 bits per heavy atom. The molecule has 0 amide bonds. The Morgan fingerprint density at radius 1 is 1.30 bits per heavy atom. The molecule has 4 nitrogen and oxygen atoms in total. The first-order valence-electron chi connectivity index (χ1n) is 6.22. The third kappa shape index (κ3) is 6.26. The van der Waals surface area contributed by atoms with Crippen LogP contribution in [0, 0.1) is 5.82 Å². The molecule has 1 aromatic carbocycles. The minimum absolute atomic E-state index is 0. The maximum Gasteiger partial charge on any atom is 1.00 e. The van der Waals surface area contributed by atoms with Crippen LogP contribution in [0.3, 0.4) is 0 Å². The fraction of sp³-hybridized carbons (Fsp3) is 0.133. The molecule has 2 aromatic rings. The van der Waals surface area contributed by atoms with Crippen molar-refractivity contribution in [2.75, 3.05) is 5.75 Å². The van der Waals surface area contributed by atoms with Gasteiger partial charge in [0.15, 0.2) is 0 Å². The van der Waals surface area contributed by atoms with Gasteiger partial charge in [-0.15, -0.1) is 0 Å². The van der Waals surface area contributed by atoms with E-state index in [1.807, 2.05) is 0 Å². The van der Waals surface area contributed by atoms with Crippen LogP contribution in [0.15, 0.2) is 41.6 Å². The second-order valence-electron chi connectivity index (χ2n) is 4.38. The van der Waals surface area contributed by atoms with Crippen molar-refractivity contribution in [2.45, 2.75) is 11.4 Å². The van der Waals surface area contributed by atoms with Gasteiger partial charge in [0.05, 0.1) is 11.7 Å². The van der Waals surface area contributed by atoms with E-state index < -0.39 is 11.8 Å². The second-order valence-corrected chi connectivity index (χ2v) is 5.75. The number of ketones is 1. The summed E-state index contributed by atoms with van der Waals surface area (Å²) in [5.41, 5.74) is 0.331. The van der Waals surface area contributed by atoms with Crippen LogP contribution in [0.1, 0.15) is 15.9 Å². The van der Waals surface area contributed by atoms with Gasteiger partial charge >= 0.3 is 51.4 Å². The summed E-state index contributed by atoms with van der Waals surface area (Å²) in [6, 6.07) is 6.64. The number of benzene rings is 1. The number of rotatable bonds is 6. The maximum absolute atomic E-state index is 13.1. The smallest absolute Gasteiger partial charge is 0.545 e. The Morgan fingerprint density at radius 3 is 2.74 bits per heavy atom. The third-order valence-corrected chi connectivity index (χ3v) is 4.19. The zero-order chi connectivity index (χ0) is 16.1. The maximum atomic E-state index is 13.1. The minimum Gasteiger partial charge on any atom is -0.545 e. The zero-order valence-corrected chi connectivity index (χ0v) is 16.9. The first-order chi connectivity index (χ1) is 10.5. The molecule has 8 heteroatoms. The van der Waals surface area contributed by atoms with Crippen LogP contribution in [0.5, 0.6) is 0 Å². The Balaban J connectivity index is 0.00000264. The normalized spacial score (nSPS) is 10.0. The molecule has 114 valence electrons. The van der Waals surface area contributed by atoms with E-state index in [9.17, 15) is 19.1 Å². The van der Waals surface area contributed by atoms with Crippen LogP contribution in [0.4, 0.5) is 4.39 Å². The van der Waals surface area contributed by atoms with E-state index in [2.05, 4.69) is 4.98 Å². The summed E-state index contributed by atoms with van der Waals surface area (Å²) < 4.78 is 13.1. The number of carboxylic acid groups (broad SMARTS) is 1. The molecule has 0 fully saturated rings. The number of carbonyl (C=O) groups excluding carboxylic acids is 2. The fourth-order valence-corrected chi connectivity index (χ4v) is 2.78. The van der Waals surface area contributed by atoms with E-state index >= 15 is 0 Å². The number of aromatic carboxylic acids is 1. The molecule has 0 N–H and O–H groups in total. The number of halogens is 2. The summed E-state index contributed by atoms with van der Waals surface area (Å²) in [7, 11) is 0. The summed E-state index contributed by atoms with van der Waals surface area (Å²) in [5.74, 6) is -2.03. The molecule has 1 heterocycles. The van der Waals surface area contributed by atoms with Crippen molar-refractivity contribution in [2.24, 2.45) is 0 Å². The summed E-state index contributed by atoms with van der Waals surface area (Å²) in [5, 5.41) is 11.5. The van der Waals surface area contributed by atoms with Gasteiger partial charge in [-0.1, -0.05) is 23.4 Å². The van der Waals surface area contributed by atoms with Gasteiger partial charge in [-0.25, -0.2) is 9.37 Å². The van der Waals surface area contributed by atoms with Crippen molar-refractivity contribution in [3.63, 3.8) is 0 Å². The van der Waals surface area contributed by atoms with Crippen LogP contribution < -0.4 is 56.5 Å². The van der Waals surface area contributed by atoms with E-state index in [0.717, 1.165) is 11.8 Å². The van der Waals surface area contributed by atoms with Gasteiger partial charge in [-0.05, 0) is 35.9 Å². The molecular weight excluding hydrogens is 368 g/mol. The number of nitrogens with zero attached hydrogens (tertiary/aromatic N) is 1. The fourth-order valence-electron chi connectivity index (χ4n) is 1.75. The van der Waals surface area contributed by atoms with Crippen molar-refractivity contribution < 1.29 is 70.5 Å². The monoisotopic (exact) mass is 377 g/mol. The van der Waals surface area contributed by atoms with Crippen LogP contribution in [0.2, 0.25) is 5.02 Å². The standard InChI is InChI=1S/C15H11ClFNO3S.K/c16-13-4-3-10(17)6-9(13)7-11(19)8-22-14-12(15(20)21)2-1-5-18-14;/h1-6H,7-8H2,(H,20,21);/q;+1/p-1. The molecule has 0 spiro atoms. The van der Waals surface area contributed by atoms with Gasteiger partial charge in [0.25, 0.3) is 0 Å². The number of carbonyl (C=O) groups is 2. The van der Waals surface area contributed by atoms with Gasteiger partial charge in [0, 0.05) is 23.2 Å². The van der Waals surface area contributed by atoms with E-state index in [4.69, 9.17) is 11.6 Å². The van der Waals surface area contributed by atoms with E-state index in [-0.39, 0.29) is 79.9 Å². The average Bonchev–Trinajstić information content (AvgIpc) is 2.49. The molecule has 0 atom stereocenters. The molecule has 0 aliphatic heterocycles. The van der Waals surface area contributed by atoms with Crippen LogP contribution in [-0.4, -0.2) is 22.5 Å². The van der Waals surface area contributed by atoms with Crippen molar-refractivity contribution in [1.29, 1.82) is 0 Å². The van der Waals surface area contributed by atoms with Crippen molar-refractivity contribution in [3.05, 3.63) is 58.5 Å². The molecule has 0 saturated heterocycles. The number of carboxylic acids is 1. The second kappa shape index (κ2) is 9.88. The quantitative estimate of drug-likeness (QED) is 0.484. The van der Waals surface area contributed by atoms with Crippen molar-refractivity contribution >= 4 is 35.1 Å². The summed E-state index contributed by atoms with van der Waals surface area (Å²) in [4.78, 5) is 26.8. The van der Waals surface area contributed by atoms with Gasteiger partial charge in [0.2, 0.25) is 0 Å². The third-order valence-electron chi connectivity index (χ3n) is 2.76. The molecule has 0 bridgehead atoms. The topological polar surface area (TPSA) is 70.1 Å². The largest absolute Gasteiger partial charge is 1.00 e. The molecular formula is C15H10ClFKNO3S. The van der Waals surface area contributed by atoms with Gasteiger partial charge < -0.3 is 9.90 Å². The Bertz CT molecular complexity index is 730. The Hall–Kier alpha value is -0.284. The summed E-state index contributed by atoms with van der Waals surface area (Å²) >= 11 is 6.89. The number of pyridine rings is 1. The molecule has 0 aliphatic carbocycles. The summed E-state index contributed by atoms with van der Waals surface area (Å²) in [6.07, 6.45) is 1.40. The van der Waals surface area contributed by atoms with E-state index in [1.165, 1.54) is 36.5 Å². The minimum atomic E-state index is -1.35.